The number of nitrogens with zero attached hydrogens (tertiary/aromatic N) is 1. The van der Waals surface area contributed by atoms with Gasteiger partial charge in [0.2, 0.25) is 11.8 Å². The van der Waals surface area contributed by atoms with Gasteiger partial charge in [-0.2, -0.15) is 0 Å². The third-order valence-electron chi connectivity index (χ3n) is 11.4. The van der Waals surface area contributed by atoms with Gasteiger partial charge < -0.3 is 25.2 Å². The van der Waals surface area contributed by atoms with Crippen LogP contribution in [-0.4, -0.2) is 53.6 Å². The molecule has 2 aliphatic heterocycles. The van der Waals surface area contributed by atoms with E-state index in [2.05, 4.69) is 91.8 Å². The van der Waals surface area contributed by atoms with Crippen LogP contribution in [0.3, 0.4) is 0 Å². The van der Waals surface area contributed by atoms with Crippen molar-refractivity contribution in [1.29, 1.82) is 0 Å². The molecule has 3 N–H and O–H groups in total. The van der Waals surface area contributed by atoms with Gasteiger partial charge in [0.05, 0.1) is 18.8 Å². The van der Waals surface area contributed by atoms with Gasteiger partial charge in [-0.3, -0.25) is 14.5 Å². The van der Waals surface area contributed by atoms with Crippen molar-refractivity contribution in [3.63, 3.8) is 0 Å². The molecular weight excluding hydrogens is 651 g/mol. The molecule has 6 atom stereocenters. The summed E-state index contributed by atoms with van der Waals surface area (Å²) in [7, 11) is 0. The van der Waals surface area contributed by atoms with Crippen LogP contribution in [0.4, 0.5) is 0 Å². The van der Waals surface area contributed by atoms with Crippen molar-refractivity contribution in [3.05, 3.63) is 95.1 Å². The smallest absolute Gasteiger partial charge is 0.220 e. The molecule has 3 aromatic carbocycles. The van der Waals surface area contributed by atoms with E-state index in [9.17, 15) is 14.7 Å². The van der Waals surface area contributed by atoms with Crippen molar-refractivity contribution >= 4 is 11.8 Å². The summed E-state index contributed by atoms with van der Waals surface area (Å²) in [6, 6.07) is 25.5. The Morgan fingerprint density at radius 3 is 2.37 bits per heavy atom. The molecule has 8 nitrogen and oxygen atoms in total. The Bertz CT molecular complexity index is 1670. The van der Waals surface area contributed by atoms with E-state index < -0.39 is 6.29 Å². The second-order valence-corrected chi connectivity index (χ2v) is 16.9. The maximum Gasteiger partial charge on any atom is 0.220 e. The quantitative estimate of drug-likeness (QED) is 0.148. The number of nitrogens with one attached hydrogen (secondary N) is 2. The average molecular weight is 710 g/mol. The second-order valence-electron chi connectivity index (χ2n) is 16.9. The Hall–Kier alpha value is -3.56. The fourth-order valence-electron chi connectivity index (χ4n) is 9.22. The first-order chi connectivity index (χ1) is 24.9. The molecule has 3 aromatic rings. The highest BCUT2D eigenvalue weighted by molar-refractivity contribution is 5.76. The Morgan fingerprint density at radius 2 is 1.62 bits per heavy atom. The predicted octanol–water partition coefficient (Wildman–Crippen LogP) is 7.85. The molecule has 2 bridgehead atoms. The van der Waals surface area contributed by atoms with Crippen LogP contribution < -0.4 is 10.6 Å². The second kappa shape index (κ2) is 16.6. The van der Waals surface area contributed by atoms with Gasteiger partial charge in [-0.15, -0.1) is 0 Å². The van der Waals surface area contributed by atoms with E-state index in [1.165, 1.54) is 26.2 Å². The highest BCUT2D eigenvalue weighted by Gasteiger charge is 2.51. The van der Waals surface area contributed by atoms with E-state index >= 15 is 0 Å². The molecule has 52 heavy (non-hydrogen) atoms. The Balaban J connectivity index is 1.15. The Morgan fingerprint density at radius 1 is 0.865 bits per heavy atom. The first-order valence-electron chi connectivity index (χ1n) is 19.4. The fourth-order valence-corrected chi connectivity index (χ4v) is 9.22. The van der Waals surface area contributed by atoms with E-state index in [0.717, 1.165) is 65.7 Å². The molecule has 3 fully saturated rings. The standard InChI is InChI=1S/C44H59N3O5/c1-30-39(26-47-29-44(5)24-38(47)23-43(3,4)28-44)51-42(52-41(30)34-18-16-32(27-48)17-19-34)37-14-10-13-36(22-37)35-12-9-11-33(21-35)25-46-40(50)15-7-6-8-20-45-31(2)49/h9-14,16-19,21-22,30,38-39,41-42,48H,6-8,15,20,23-29H2,1-5H3,(H,45,49)(H,46,50)/t30-,38?,39+,41+,42+,44?/m1/s1. The number of hydrogen-bond acceptors (Lipinski definition) is 6. The molecule has 3 aliphatic rings. The number of rotatable bonds is 14. The van der Waals surface area contributed by atoms with E-state index in [1.807, 2.05) is 24.3 Å². The zero-order valence-corrected chi connectivity index (χ0v) is 31.8. The molecule has 2 heterocycles. The molecule has 280 valence electrons. The van der Waals surface area contributed by atoms with Gasteiger partial charge >= 0.3 is 0 Å². The summed E-state index contributed by atoms with van der Waals surface area (Å²) in [5.41, 5.74) is 6.86. The number of hydrogen-bond donors (Lipinski definition) is 3. The maximum atomic E-state index is 12.5. The number of carbonyl (C=O) groups excluding carboxylic acids is 2. The lowest BCUT2D eigenvalue weighted by molar-refractivity contribution is -0.276. The summed E-state index contributed by atoms with van der Waals surface area (Å²) in [5, 5.41) is 15.6. The minimum absolute atomic E-state index is 0.0138. The van der Waals surface area contributed by atoms with Crippen LogP contribution >= 0.6 is 0 Å². The SMILES string of the molecule is CC(=O)NCCCCCC(=O)NCc1cccc(-c2cccc([C@H]3O[C@@H](CN4CC5(C)CC4CC(C)(C)C5)[C@@H](C)[C@@H](c4ccc(CO)cc4)O3)c2)c1. The molecule has 8 heteroatoms. The van der Waals surface area contributed by atoms with Crippen molar-refractivity contribution in [2.45, 2.75) is 117 Å². The fraction of sp³-hybridized carbons (Fsp3) is 0.545. The first-order valence-corrected chi connectivity index (χ1v) is 19.4. The summed E-state index contributed by atoms with van der Waals surface area (Å²) in [5.74, 6) is 0.156. The summed E-state index contributed by atoms with van der Waals surface area (Å²) in [6.45, 7) is 14.2. The zero-order valence-electron chi connectivity index (χ0n) is 31.8. The zero-order chi connectivity index (χ0) is 36.9. The molecule has 1 saturated carbocycles. The average Bonchev–Trinajstić information content (AvgIpc) is 3.36. The number of aliphatic hydroxyl groups excluding tert-OH is 1. The van der Waals surface area contributed by atoms with Crippen molar-refractivity contribution < 1.29 is 24.2 Å². The summed E-state index contributed by atoms with van der Waals surface area (Å²) >= 11 is 0. The minimum atomic E-state index is -0.529. The van der Waals surface area contributed by atoms with Gasteiger partial charge in [-0.25, -0.2) is 0 Å². The minimum Gasteiger partial charge on any atom is -0.392 e. The molecule has 0 radical (unpaired) electrons. The first kappa shape index (κ1) is 38.2. The molecule has 0 aromatic heterocycles. The number of fused-ring (bicyclic) bond motifs is 2. The molecular formula is C44H59N3O5. The number of benzene rings is 3. The predicted molar refractivity (Wildman–Crippen MR) is 205 cm³/mol. The van der Waals surface area contributed by atoms with Crippen molar-refractivity contribution in [2.75, 3.05) is 19.6 Å². The lowest BCUT2D eigenvalue weighted by Crippen LogP contribution is -2.46. The lowest BCUT2D eigenvalue weighted by atomic mass is 9.65. The van der Waals surface area contributed by atoms with Gasteiger partial charge in [0.15, 0.2) is 6.29 Å². The van der Waals surface area contributed by atoms with Crippen LogP contribution in [0.15, 0.2) is 72.8 Å². The number of amides is 2. The molecule has 2 amide bonds. The summed E-state index contributed by atoms with van der Waals surface area (Å²) in [6.07, 6.45) is 6.11. The van der Waals surface area contributed by atoms with Crippen LogP contribution in [0.5, 0.6) is 0 Å². The largest absolute Gasteiger partial charge is 0.392 e. The number of likely N-dealkylation sites (tertiary alicyclic amines) is 1. The van der Waals surface area contributed by atoms with Gasteiger partial charge in [-0.1, -0.05) is 94.8 Å². The van der Waals surface area contributed by atoms with Gasteiger partial charge in [0.1, 0.15) is 0 Å². The molecule has 1 aliphatic carbocycles. The molecule has 0 spiro atoms. The van der Waals surface area contributed by atoms with E-state index in [1.54, 1.807) is 0 Å². The molecule has 6 rings (SSSR count). The van der Waals surface area contributed by atoms with Gasteiger partial charge in [-0.05, 0) is 82.9 Å². The normalized spacial score (nSPS) is 26.9. The van der Waals surface area contributed by atoms with E-state index in [0.29, 0.717) is 36.4 Å². The third-order valence-corrected chi connectivity index (χ3v) is 11.4. The summed E-state index contributed by atoms with van der Waals surface area (Å²) in [4.78, 5) is 26.3. The van der Waals surface area contributed by atoms with Gasteiger partial charge in [0.25, 0.3) is 0 Å². The molecule has 2 saturated heterocycles. The Kier molecular flexibility index (Phi) is 12.2. The van der Waals surface area contributed by atoms with Crippen LogP contribution in [0.2, 0.25) is 0 Å². The highest BCUT2D eigenvalue weighted by Crippen LogP contribution is 2.53. The Labute approximate surface area is 310 Å². The van der Waals surface area contributed by atoms with Crippen LogP contribution in [-0.2, 0) is 32.2 Å². The number of unbranched alkanes of at least 4 members (excludes halogenated alkanes) is 2. The van der Waals surface area contributed by atoms with E-state index in [-0.39, 0.29) is 36.5 Å². The van der Waals surface area contributed by atoms with Crippen LogP contribution in [0.1, 0.15) is 114 Å². The monoisotopic (exact) mass is 709 g/mol. The maximum absolute atomic E-state index is 12.5. The van der Waals surface area contributed by atoms with E-state index in [4.69, 9.17) is 9.47 Å². The topological polar surface area (TPSA) is 100 Å². The number of carbonyl (C=O) groups is 2. The van der Waals surface area contributed by atoms with Crippen molar-refractivity contribution in [1.82, 2.24) is 15.5 Å². The van der Waals surface area contributed by atoms with Crippen molar-refractivity contribution in [2.24, 2.45) is 16.7 Å². The van der Waals surface area contributed by atoms with Crippen molar-refractivity contribution in [3.8, 4) is 11.1 Å². The number of aliphatic hydroxyl groups is 1. The lowest BCUT2D eigenvalue weighted by Gasteiger charge is -2.43. The summed E-state index contributed by atoms with van der Waals surface area (Å²) < 4.78 is 13.8. The number of ether oxygens (including phenoxy) is 2. The van der Waals surface area contributed by atoms with Gasteiger partial charge in [0, 0.05) is 57.0 Å². The van der Waals surface area contributed by atoms with Crippen LogP contribution in [0.25, 0.3) is 11.1 Å². The third kappa shape index (κ3) is 9.70. The molecule has 2 unspecified atom stereocenters. The van der Waals surface area contributed by atoms with Crippen LogP contribution in [0, 0.1) is 16.7 Å². The highest BCUT2D eigenvalue weighted by atomic mass is 16.7.